The molecule has 1 aromatic heterocycles. The molecular formula is C28H32N4O2. The molecule has 0 spiro atoms. The zero-order valence-electron chi connectivity index (χ0n) is 20.3. The van der Waals surface area contributed by atoms with Crippen LogP contribution < -0.4 is 0 Å². The van der Waals surface area contributed by atoms with E-state index in [0.717, 1.165) is 41.8 Å². The molecule has 2 heterocycles. The van der Waals surface area contributed by atoms with Crippen LogP contribution in [0.1, 0.15) is 53.1 Å². The first-order valence-electron chi connectivity index (χ1n) is 12.2. The summed E-state index contributed by atoms with van der Waals surface area (Å²) in [4.78, 5) is 30.6. The molecule has 5 rings (SSSR count). The van der Waals surface area contributed by atoms with Crippen LogP contribution in [0.25, 0.3) is 5.69 Å². The SMILES string of the molecule is Cc1ccc(-n2nc(C(=O)N3CCN(C(=O)C(C)(C)c4ccccc4)CC3)c3c2CCC3)cc1. The molecule has 6 nitrogen and oxygen atoms in total. The van der Waals surface area contributed by atoms with Gasteiger partial charge in [0, 0.05) is 37.4 Å². The number of benzene rings is 2. The van der Waals surface area contributed by atoms with Gasteiger partial charge in [-0.15, -0.1) is 0 Å². The Bertz CT molecular complexity index is 1200. The van der Waals surface area contributed by atoms with Gasteiger partial charge in [-0.3, -0.25) is 9.59 Å². The van der Waals surface area contributed by atoms with Gasteiger partial charge in [0.15, 0.2) is 5.69 Å². The highest BCUT2D eigenvalue weighted by Crippen LogP contribution is 2.30. The van der Waals surface area contributed by atoms with Gasteiger partial charge < -0.3 is 9.80 Å². The second-order valence-corrected chi connectivity index (χ2v) is 9.95. The minimum Gasteiger partial charge on any atom is -0.338 e. The maximum Gasteiger partial charge on any atom is 0.274 e. The van der Waals surface area contributed by atoms with Crippen LogP contribution in [0.2, 0.25) is 0 Å². The summed E-state index contributed by atoms with van der Waals surface area (Å²) in [5.74, 6) is 0.0915. The van der Waals surface area contributed by atoms with Gasteiger partial charge in [-0.1, -0.05) is 48.0 Å². The Hall–Kier alpha value is -3.41. The van der Waals surface area contributed by atoms with E-state index in [2.05, 4.69) is 31.2 Å². The summed E-state index contributed by atoms with van der Waals surface area (Å²) in [6.45, 7) is 8.16. The fourth-order valence-electron chi connectivity index (χ4n) is 5.14. The van der Waals surface area contributed by atoms with E-state index in [1.165, 1.54) is 5.56 Å². The summed E-state index contributed by atoms with van der Waals surface area (Å²) >= 11 is 0. The molecule has 1 aliphatic heterocycles. The topological polar surface area (TPSA) is 58.4 Å². The number of nitrogens with zero attached hydrogens (tertiary/aromatic N) is 4. The zero-order chi connectivity index (χ0) is 23.9. The van der Waals surface area contributed by atoms with Crippen molar-refractivity contribution in [3.8, 4) is 5.69 Å². The molecule has 34 heavy (non-hydrogen) atoms. The van der Waals surface area contributed by atoms with Crippen molar-refractivity contribution in [3.05, 3.63) is 82.7 Å². The van der Waals surface area contributed by atoms with Crippen LogP contribution in [0.3, 0.4) is 0 Å². The van der Waals surface area contributed by atoms with Crippen LogP contribution in [0.4, 0.5) is 0 Å². The Kier molecular flexibility index (Phi) is 5.76. The molecule has 3 aromatic rings. The van der Waals surface area contributed by atoms with Crippen LogP contribution in [0, 0.1) is 6.92 Å². The van der Waals surface area contributed by atoms with Crippen molar-refractivity contribution in [2.24, 2.45) is 0 Å². The predicted molar refractivity (Wildman–Crippen MR) is 132 cm³/mol. The molecule has 1 fully saturated rings. The largest absolute Gasteiger partial charge is 0.338 e. The average Bonchev–Trinajstić information content (AvgIpc) is 3.48. The van der Waals surface area contributed by atoms with E-state index in [1.54, 1.807) is 0 Å². The number of aromatic nitrogens is 2. The zero-order valence-corrected chi connectivity index (χ0v) is 20.3. The third-order valence-corrected chi connectivity index (χ3v) is 7.30. The lowest BCUT2D eigenvalue weighted by atomic mass is 9.83. The monoisotopic (exact) mass is 456 g/mol. The minimum atomic E-state index is -0.596. The maximum atomic E-state index is 13.5. The van der Waals surface area contributed by atoms with Crippen LogP contribution in [0.5, 0.6) is 0 Å². The number of piperazine rings is 1. The summed E-state index contributed by atoms with van der Waals surface area (Å²) in [5.41, 5.74) is 5.45. The van der Waals surface area contributed by atoms with Crippen LogP contribution in [-0.4, -0.2) is 57.6 Å². The van der Waals surface area contributed by atoms with E-state index in [9.17, 15) is 9.59 Å². The van der Waals surface area contributed by atoms with E-state index in [4.69, 9.17) is 5.10 Å². The first-order valence-corrected chi connectivity index (χ1v) is 12.2. The molecule has 2 amide bonds. The average molecular weight is 457 g/mol. The van der Waals surface area contributed by atoms with Gasteiger partial charge in [0.05, 0.1) is 11.1 Å². The molecule has 6 heteroatoms. The number of fused-ring (bicyclic) bond motifs is 1. The van der Waals surface area contributed by atoms with Gasteiger partial charge >= 0.3 is 0 Å². The maximum absolute atomic E-state index is 13.5. The lowest BCUT2D eigenvalue weighted by molar-refractivity contribution is -0.137. The number of carbonyl (C=O) groups is 2. The molecule has 0 N–H and O–H groups in total. The Morgan fingerprint density at radius 2 is 1.50 bits per heavy atom. The summed E-state index contributed by atoms with van der Waals surface area (Å²) in [5, 5.41) is 4.78. The standard InChI is InChI=1S/C28H32N4O2/c1-20-12-14-22(15-13-20)32-24-11-7-10-23(24)25(29-32)26(33)30-16-18-31(19-17-30)27(34)28(2,3)21-8-5-4-6-9-21/h4-6,8-9,12-15H,7,10-11,16-19H2,1-3H3. The quantitative estimate of drug-likeness (QED) is 0.598. The molecule has 2 aromatic carbocycles. The lowest BCUT2D eigenvalue weighted by Crippen LogP contribution is -2.54. The Labute approximate surface area is 201 Å². The number of aryl methyl sites for hydroxylation is 1. The lowest BCUT2D eigenvalue weighted by Gasteiger charge is -2.38. The highest BCUT2D eigenvalue weighted by molar-refractivity contribution is 5.95. The molecule has 1 saturated heterocycles. The fraction of sp³-hybridized carbons (Fsp3) is 0.393. The summed E-state index contributed by atoms with van der Waals surface area (Å²) in [7, 11) is 0. The van der Waals surface area contributed by atoms with Crippen LogP contribution in [-0.2, 0) is 23.1 Å². The second kappa shape index (κ2) is 8.75. The molecule has 0 saturated carbocycles. The number of amides is 2. The van der Waals surface area contributed by atoms with Crippen LogP contribution in [0.15, 0.2) is 54.6 Å². The molecule has 0 unspecified atom stereocenters. The minimum absolute atomic E-state index is 0.0153. The third kappa shape index (κ3) is 3.91. The molecule has 176 valence electrons. The van der Waals surface area contributed by atoms with E-state index >= 15 is 0 Å². The summed E-state index contributed by atoms with van der Waals surface area (Å²) < 4.78 is 1.96. The van der Waals surface area contributed by atoms with Gasteiger partial charge in [-0.05, 0) is 57.7 Å². The molecule has 1 aliphatic carbocycles. The first kappa shape index (κ1) is 22.4. The van der Waals surface area contributed by atoms with Crippen molar-refractivity contribution in [1.82, 2.24) is 19.6 Å². The van der Waals surface area contributed by atoms with Crippen molar-refractivity contribution in [3.63, 3.8) is 0 Å². The van der Waals surface area contributed by atoms with E-state index in [-0.39, 0.29) is 11.8 Å². The third-order valence-electron chi connectivity index (χ3n) is 7.30. The Balaban J connectivity index is 1.31. The van der Waals surface area contributed by atoms with Gasteiger partial charge in [0.2, 0.25) is 5.91 Å². The highest BCUT2D eigenvalue weighted by atomic mass is 16.2. The van der Waals surface area contributed by atoms with Gasteiger partial charge in [-0.2, -0.15) is 5.10 Å². The smallest absolute Gasteiger partial charge is 0.274 e. The number of rotatable bonds is 4. The van der Waals surface area contributed by atoms with Crippen molar-refractivity contribution in [2.75, 3.05) is 26.2 Å². The first-order chi connectivity index (χ1) is 16.4. The van der Waals surface area contributed by atoms with E-state index in [0.29, 0.717) is 31.9 Å². The fourth-order valence-corrected chi connectivity index (χ4v) is 5.14. The normalized spacial score (nSPS) is 16.0. The predicted octanol–water partition coefficient (Wildman–Crippen LogP) is 3.93. The van der Waals surface area contributed by atoms with Gasteiger partial charge in [0.1, 0.15) is 0 Å². The summed E-state index contributed by atoms with van der Waals surface area (Å²) in [6.07, 6.45) is 2.89. The summed E-state index contributed by atoms with van der Waals surface area (Å²) in [6, 6.07) is 18.2. The van der Waals surface area contributed by atoms with Crippen LogP contribution >= 0.6 is 0 Å². The Morgan fingerprint density at radius 1 is 0.853 bits per heavy atom. The van der Waals surface area contributed by atoms with Crippen molar-refractivity contribution < 1.29 is 9.59 Å². The van der Waals surface area contributed by atoms with Gasteiger partial charge in [-0.25, -0.2) is 4.68 Å². The highest BCUT2D eigenvalue weighted by Gasteiger charge is 2.37. The molecule has 0 atom stereocenters. The second-order valence-electron chi connectivity index (χ2n) is 9.95. The Morgan fingerprint density at radius 3 is 2.18 bits per heavy atom. The number of hydrogen-bond acceptors (Lipinski definition) is 3. The van der Waals surface area contributed by atoms with Crippen molar-refractivity contribution in [2.45, 2.75) is 45.4 Å². The molecular weight excluding hydrogens is 424 g/mol. The van der Waals surface area contributed by atoms with Crippen molar-refractivity contribution >= 4 is 11.8 Å². The van der Waals surface area contributed by atoms with Crippen molar-refractivity contribution in [1.29, 1.82) is 0 Å². The van der Waals surface area contributed by atoms with E-state index in [1.807, 2.05) is 58.7 Å². The number of carbonyl (C=O) groups excluding carboxylic acids is 2. The molecule has 0 radical (unpaired) electrons. The van der Waals surface area contributed by atoms with Gasteiger partial charge in [0.25, 0.3) is 5.91 Å². The van der Waals surface area contributed by atoms with E-state index < -0.39 is 5.41 Å². The number of hydrogen-bond donors (Lipinski definition) is 0. The molecule has 0 bridgehead atoms. The molecule has 2 aliphatic rings.